The number of pyridine rings is 2. The Morgan fingerprint density at radius 1 is 1.00 bits per heavy atom. The number of rotatable bonds is 4. The summed E-state index contributed by atoms with van der Waals surface area (Å²) in [6.45, 7) is 2.34. The van der Waals surface area contributed by atoms with Crippen LogP contribution in [0.1, 0.15) is 11.1 Å². The fourth-order valence-corrected chi connectivity index (χ4v) is 2.20. The van der Waals surface area contributed by atoms with Crippen molar-refractivity contribution in [1.29, 1.82) is 0 Å². The van der Waals surface area contributed by atoms with Crippen LogP contribution in [0.2, 0.25) is 0 Å². The molecule has 22 heavy (non-hydrogen) atoms. The van der Waals surface area contributed by atoms with Gasteiger partial charge in [-0.2, -0.15) is 0 Å². The summed E-state index contributed by atoms with van der Waals surface area (Å²) in [4.78, 5) is 7.95. The third-order valence-corrected chi connectivity index (χ3v) is 3.37. The van der Waals surface area contributed by atoms with Gasteiger partial charge in [-0.25, -0.2) is 4.39 Å². The Morgan fingerprint density at radius 3 is 2.55 bits per heavy atom. The molecule has 0 amide bonds. The monoisotopic (exact) mass is 294 g/mol. The smallest absolute Gasteiger partial charge is 0.141 e. The predicted octanol–water partition coefficient (Wildman–Crippen LogP) is 4.17. The molecule has 0 N–H and O–H groups in total. The maximum atomic E-state index is 13.0. The molecule has 110 valence electrons. The van der Waals surface area contributed by atoms with E-state index in [0.717, 1.165) is 16.9 Å². The number of aromatic nitrogens is 2. The molecule has 0 saturated carbocycles. The number of nitrogens with zero attached hydrogens (tertiary/aromatic N) is 2. The summed E-state index contributed by atoms with van der Waals surface area (Å²) in [6, 6.07) is 11.2. The van der Waals surface area contributed by atoms with Gasteiger partial charge in [0.25, 0.3) is 0 Å². The summed E-state index contributed by atoms with van der Waals surface area (Å²) < 4.78 is 18.7. The molecular formula is C18H15FN2O. The van der Waals surface area contributed by atoms with Crippen molar-refractivity contribution in [2.75, 3.05) is 0 Å². The number of hydrogen-bond donors (Lipinski definition) is 0. The highest BCUT2D eigenvalue weighted by molar-refractivity contribution is 5.66. The van der Waals surface area contributed by atoms with Crippen molar-refractivity contribution < 1.29 is 9.13 Å². The van der Waals surface area contributed by atoms with Crippen LogP contribution < -0.4 is 4.74 Å². The molecule has 0 unspecified atom stereocenters. The first kappa shape index (κ1) is 14.2. The Kier molecular flexibility index (Phi) is 4.10. The van der Waals surface area contributed by atoms with E-state index in [9.17, 15) is 4.39 Å². The molecule has 3 nitrogen and oxygen atoms in total. The van der Waals surface area contributed by atoms with Gasteiger partial charge in [-0.3, -0.25) is 9.97 Å². The molecule has 3 rings (SSSR count). The highest BCUT2D eigenvalue weighted by Gasteiger charge is 2.03. The van der Waals surface area contributed by atoms with Gasteiger partial charge in [0.1, 0.15) is 18.2 Å². The summed E-state index contributed by atoms with van der Waals surface area (Å²) >= 11 is 0. The van der Waals surface area contributed by atoms with Crippen molar-refractivity contribution in [2.45, 2.75) is 13.5 Å². The fourth-order valence-electron chi connectivity index (χ4n) is 2.20. The van der Waals surface area contributed by atoms with E-state index in [1.54, 1.807) is 12.4 Å². The number of halogens is 1. The third-order valence-electron chi connectivity index (χ3n) is 3.37. The SMILES string of the molecule is Cc1ccncc1-c1ccc(OCc2cncc(F)c2)cc1. The lowest BCUT2D eigenvalue weighted by molar-refractivity contribution is 0.305. The average molecular weight is 294 g/mol. The predicted molar refractivity (Wildman–Crippen MR) is 82.9 cm³/mol. The number of ether oxygens (including phenoxy) is 1. The maximum Gasteiger partial charge on any atom is 0.141 e. The second-order valence-corrected chi connectivity index (χ2v) is 5.02. The lowest BCUT2D eigenvalue weighted by atomic mass is 10.0. The molecule has 0 spiro atoms. The zero-order chi connectivity index (χ0) is 15.4. The molecule has 2 heterocycles. The Labute approximate surface area is 128 Å². The van der Waals surface area contributed by atoms with Gasteiger partial charge < -0.3 is 4.74 Å². The van der Waals surface area contributed by atoms with Crippen LogP contribution in [0.4, 0.5) is 4.39 Å². The van der Waals surface area contributed by atoms with Gasteiger partial charge in [0, 0.05) is 29.7 Å². The number of benzene rings is 1. The molecule has 0 saturated heterocycles. The largest absolute Gasteiger partial charge is 0.489 e. The number of aryl methyl sites for hydroxylation is 1. The molecule has 0 aliphatic heterocycles. The van der Waals surface area contributed by atoms with Crippen LogP contribution in [-0.2, 0) is 6.61 Å². The van der Waals surface area contributed by atoms with Gasteiger partial charge >= 0.3 is 0 Å². The molecular weight excluding hydrogens is 279 g/mol. The Balaban J connectivity index is 1.71. The van der Waals surface area contributed by atoms with E-state index in [0.29, 0.717) is 5.56 Å². The Hall–Kier alpha value is -2.75. The molecule has 0 aliphatic rings. The van der Waals surface area contributed by atoms with Crippen LogP contribution in [-0.4, -0.2) is 9.97 Å². The molecule has 0 atom stereocenters. The second kappa shape index (κ2) is 6.35. The summed E-state index contributed by atoms with van der Waals surface area (Å²) in [5.41, 5.74) is 4.07. The molecule has 0 aliphatic carbocycles. The summed E-state index contributed by atoms with van der Waals surface area (Å²) in [7, 11) is 0. The average Bonchev–Trinajstić information content (AvgIpc) is 2.54. The third kappa shape index (κ3) is 3.28. The van der Waals surface area contributed by atoms with Gasteiger partial charge in [0.2, 0.25) is 0 Å². The van der Waals surface area contributed by atoms with Crippen LogP contribution in [0, 0.1) is 12.7 Å². The summed E-state index contributed by atoms with van der Waals surface area (Å²) in [5, 5.41) is 0. The van der Waals surface area contributed by atoms with Crippen molar-refractivity contribution in [2.24, 2.45) is 0 Å². The molecule has 1 aromatic carbocycles. The van der Waals surface area contributed by atoms with Gasteiger partial charge in [-0.1, -0.05) is 12.1 Å². The summed E-state index contributed by atoms with van der Waals surface area (Å²) in [6.07, 6.45) is 6.40. The number of hydrogen-bond acceptors (Lipinski definition) is 3. The molecule has 0 bridgehead atoms. The van der Waals surface area contributed by atoms with Crippen molar-refractivity contribution in [3.8, 4) is 16.9 Å². The van der Waals surface area contributed by atoms with E-state index in [1.807, 2.05) is 36.5 Å². The highest BCUT2D eigenvalue weighted by atomic mass is 19.1. The summed E-state index contributed by atoms with van der Waals surface area (Å²) in [5.74, 6) is 0.373. The van der Waals surface area contributed by atoms with Crippen molar-refractivity contribution in [1.82, 2.24) is 9.97 Å². The maximum absolute atomic E-state index is 13.0. The van der Waals surface area contributed by atoms with Crippen LogP contribution in [0.15, 0.2) is 61.2 Å². The minimum absolute atomic E-state index is 0.288. The fraction of sp³-hybridized carbons (Fsp3) is 0.111. The van der Waals surface area contributed by atoms with Gasteiger partial charge in [0.15, 0.2) is 0 Å². The van der Waals surface area contributed by atoms with Gasteiger partial charge in [-0.15, -0.1) is 0 Å². The minimum Gasteiger partial charge on any atom is -0.489 e. The van der Waals surface area contributed by atoms with E-state index in [1.165, 1.54) is 17.8 Å². The van der Waals surface area contributed by atoms with E-state index in [-0.39, 0.29) is 12.4 Å². The van der Waals surface area contributed by atoms with Crippen LogP contribution in [0.3, 0.4) is 0 Å². The van der Waals surface area contributed by atoms with Crippen LogP contribution in [0.5, 0.6) is 5.75 Å². The lowest BCUT2D eigenvalue weighted by Crippen LogP contribution is -1.96. The molecule has 0 radical (unpaired) electrons. The first-order valence-electron chi connectivity index (χ1n) is 6.95. The zero-order valence-corrected chi connectivity index (χ0v) is 12.2. The zero-order valence-electron chi connectivity index (χ0n) is 12.2. The van der Waals surface area contributed by atoms with E-state index in [4.69, 9.17) is 4.74 Å². The molecule has 2 aromatic heterocycles. The van der Waals surface area contributed by atoms with Crippen LogP contribution >= 0.6 is 0 Å². The minimum atomic E-state index is -0.358. The quantitative estimate of drug-likeness (QED) is 0.724. The normalized spacial score (nSPS) is 10.5. The topological polar surface area (TPSA) is 35.0 Å². The van der Waals surface area contributed by atoms with Gasteiger partial charge in [0.05, 0.1) is 6.20 Å². The lowest BCUT2D eigenvalue weighted by Gasteiger charge is -2.08. The van der Waals surface area contributed by atoms with E-state index >= 15 is 0 Å². The Morgan fingerprint density at radius 2 is 1.82 bits per heavy atom. The standard InChI is InChI=1S/C18H15FN2O/c1-13-6-7-20-11-18(13)15-2-4-17(5-3-15)22-12-14-8-16(19)10-21-9-14/h2-11H,12H2,1H3. The Bertz CT molecular complexity index is 772. The van der Waals surface area contributed by atoms with Crippen molar-refractivity contribution in [3.05, 3.63) is 78.1 Å². The first-order chi connectivity index (χ1) is 10.7. The van der Waals surface area contributed by atoms with Crippen molar-refractivity contribution in [3.63, 3.8) is 0 Å². The van der Waals surface area contributed by atoms with E-state index in [2.05, 4.69) is 16.9 Å². The second-order valence-electron chi connectivity index (χ2n) is 5.02. The molecule has 0 fully saturated rings. The van der Waals surface area contributed by atoms with E-state index < -0.39 is 0 Å². The van der Waals surface area contributed by atoms with Crippen LogP contribution in [0.25, 0.3) is 11.1 Å². The van der Waals surface area contributed by atoms with Crippen molar-refractivity contribution >= 4 is 0 Å². The molecule has 4 heteroatoms. The van der Waals surface area contributed by atoms with Gasteiger partial charge in [-0.05, 0) is 42.3 Å². The highest BCUT2D eigenvalue weighted by Crippen LogP contribution is 2.24. The molecule has 3 aromatic rings. The first-order valence-corrected chi connectivity index (χ1v) is 6.95.